The van der Waals surface area contributed by atoms with Crippen molar-refractivity contribution in [2.24, 2.45) is 0 Å². The lowest BCUT2D eigenvalue weighted by Crippen LogP contribution is -2.60. The molecule has 1 aromatic carbocycles. The molecule has 0 unspecified atom stereocenters. The first-order chi connectivity index (χ1) is 15.3. The molecular formula is C21H22ClIN4O5. The number of hydrogen-bond acceptors (Lipinski definition) is 6. The Morgan fingerprint density at radius 1 is 1.34 bits per heavy atom. The summed E-state index contributed by atoms with van der Waals surface area (Å²) in [6.45, 7) is 0.555. The number of carbonyl (C=O) groups excluding carboxylic acids is 2. The van der Waals surface area contributed by atoms with Crippen molar-refractivity contribution in [2.75, 3.05) is 25.8 Å². The van der Waals surface area contributed by atoms with E-state index < -0.39 is 23.0 Å². The zero-order chi connectivity index (χ0) is 23.2. The maximum atomic E-state index is 12.9. The van der Waals surface area contributed by atoms with Gasteiger partial charge in [0.15, 0.2) is 11.4 Å². The molecule has 3 heterocycles. The molecule has 2 aliphatic rings. The number of halogens is 2. The molecule has 1 aromatic heterocycles. The summed E-state index contributed by atoms with van der Waals surface area (Å²) in [7, 11) is 3.22. The fourth-order valence-corrected chi connectivity index (χ4v) is 5.03. The highest BCUT2D eigenvalue weighted by molar-refractivity contribution is 14.1. The Kier molecular flexibility index (Phi) is 6.37. The normalized spacial score (nSPS) is 19.7. The molecule has 0 spiro atoms. The summed E-state index contributed by atoms with van der Waals surface area (Å²) in [6, 6.07) is 5.27. The molecule has 9 nitrogen and oxygen atoms in total. The van der Waals surface area contributed by atoms with E-state index in [2.05, 4.69) is 27.9 Å². The maximum absolute atomic E-state index is 12.9. The van der Waals surface area contributed by atoms with E-state index in [0.29, 0.717) is 18.1 Å². The molecule has 32 heavy (non-hydrogen) atoms. The van der Waals surface area contributed by atoms with Crippen molar-refractivity contribution >= 4 is 46.0 Å². The molecule has 2 aliphatic heterocycles. The van der Waals surface area contributed by atoms with Crippen LogP contribution in [0.3, 0.4) is 0 Å². The lowest BCUT2D eigenvalue weighted by Gasteiger charge is -2.43. The summed E-state index contributed by atoms with van der Waals surface area (Å²) in [5.41, 5.74) is -0.498. The van der Waals surface area contributed by atoms with Gasteiger partial charge in [-0.05, 0) is 47.1 Å². The van der Waals surface area contributed by atoms with Gasteiger partial charge in [0.2, 0.25) is 5.43 Å². The van der Waals surface area contributed by atoms with Crippen molar-refractivity contribution in [2.45, 2.75) is 31.6 Å². The van der Waals surface area contributed by atoms with Crippen molar-refractivity contribution in [1.82, 2.24) is 14.9 Å². The Morgan fingerprint density at radius 3 is 2.81 bits per heavy atom. The zero-order valence-corrected chi connectivity index (χ0v) is 20.4. The van der Waals surface area contributed by atoms with E-state index in [4.69, 9.17) is 16.3 Å². The average Bonchev–Trinajstić information content (AvgIpc) is 3.19. The second kappa shape index (κ2) is 8.91. The van der Waals surface area contributed by atoms with Crippen molar-refractivity contribution in [3.8, 4) is 5.75 Å². The predicted octanol–water partition coefficient (Wildman–Crippen LogP) is 1.90. The monoisotopic (exact) mass is 572 g/mol. The minimum Gasteiger partial charge on any atom is -0.502 e. The van der Waals surface area contributed by atoms with E-state index in [0.717, 1.165) is 15.6 Å². The van der Waals surface area contributed by atoms with Crippen molar-refractivity contribution < 1.29 is 19.4 Å². The van der Waals surface area contributed by atoms with Gasteiger partial charge in [0.1, 0.15) is 11.7 Å². The van der Waals surface area contributed by atoms with E-state index >= 15 is 0 Å². The maximum Gasteiger partial charge on any atom is 0.277 e. The lowest BCUT2D eigenvalue weighted by molar-refractivity contribution is 0.0634. The van der Waals surface area contributed by atoms with Crippen LogP contribution >= 0.6 is 34.2 Å². The van der Waals surface area contributed by atoms with Gasteiger partial charge < -0.3 is 20.1 Å². The Labute approximate surface area is 203 Å². The van der Waals surface area contributed by atoms with Crippen LogP contribution in [0.5, 0.6) is 5.75 Å². The topological polar surface area (TPSA) is 104 Å². The van der Waals surface area contributed by atoms with Gasteiger partial charge in [-0.15, -0.1) is 0 Å². The molecule has 0 bridgehead atoms. The molecule has 1 saturated heterocycles. The van der Waals surface area contributed by atoms with Crippen molar-refractivity contribution in [1.29, 1.82) is 0 Å². The second-order valence-electron chi connectivity index (χ2n) is 7.77. The van der Waals surface area contributed by atoms with Crippen LogP contribution in [0.1, 0.15) is 39.3 Å². The third-order valence-corrected chi connectivity index (χ3v) is 7.80. The fourth-order valence-electron chi connectivity index (χ4n) is 4.28. The van der Waals surface area contributed by atoms with Crippen LogP contribution < -0.4 is 15.8 Å². The van der Waals surface area contributed by atoms with Crippen LogP contribution in [0, 0.1) is 3.57 Å². The average molecular weight is 573 g/mol. The number of fused-ring (bicyclic) bond motifs is 3. The fraction of sp³-hybridized carbons (Fsp3) is 0.381. The van der Waals surface area contributed by atoms with Gasteiger partial charge >= 0.3 is 0 Å². The summed E-state index contributed by atoms with van der Waals surface area (Å²) in [5.74, 6) is -1.87. The highest BCUT2D eigenvalue weighted by Crippen LogP contribution is 2.32. The van der Waals surface area contributed by atoms with Gasteiger partial charge in [-0.1, -0.05) is 23.7 Å². The highest BCUT2D eigenvalue weighted by atomic mass is 127. The number of nitrogens with one attached hydrogen (secondary N) is 1. The molecule has 2 amide bonds. The molecule has 2 aromatic rings. The van der Waals surface area contributed by atoms with E-state index in [1.807, 2.05) is 11.1 Å². The SMILES string of the molecule is COC[C@@H]1CC[C@H]2N(C)C(=O)c3c(O)c(=O)c(C(=O)NCc4cccc(Cl)c4I)cn3N12. The van der Waals surface area contributed by atoms with Gasteiger partial charge in [-0.25, -0.2) is 0 Å². The largest absolute Gasteiger partial charge is 0.502 e. The standard InChI is InChI=1S/C21H22ClIN4O5/c1-25-15-7-6-12(10-32-2)27(15)26-9-13(18(28)19(29)17(26)21(25)31)20(30)24-8-11-4-3-5-14(22)16(11)23/h3-5,9,12,15,29H,6-8,10H2,1-2H3,(H,24,30)/t12-,15-/m0/s1. The van der Waals surface area contributed by atoms with Gasteiger partial charge in [0, 0.05) is 30.5 Å². The van der Waals surface area contributed by atoms with E-state index in [-0.39, 0.29) is 30.0 Å². The van der Waals surface area contributed by atoms with Gasteiger partial charge in [0.25, 0.3) is 11.8 Å². The number of amides is 2. The predicted molar refractivity (Wildman–Crippen MR) is 127 cm³/mol. The number of carbonyl (C=O) groups is 2. The number of rotatable bonds is 5. The number of aromatic nitrogens is 1. The minimum atomic E-state index is -0.891. The minimum absolute atomic E-state index is 0.0786. The number of aromatic hydroxyl groups is 1. The molecular weight excluding hydrogens is 551 g/mol. The molecule has 0 aliphatic carbocycles. The summed E-state index contributed by atoms with van der Waals surface area (Å²) < 4.78 is 7.56. The highest BCUT2D eigenvalue weighted by Gasteiger charge is 2.45. The molecule has 170 valence electrons. The van der Waals surface area contributed by atoms with E-state index in [9.17, 15) is 19.5 Å². The van der Waals surface area contributed by atoms with Crippen LogP contribution in [0.15, 0.2) is 29.2 Å². The number of hydrogen-bond donors (Lipinski definition) is 2. The second-order valence-corrected chi connectivity index (χ2v) is 9.26. The first-order valence-electron chi connectivity index (χ1n) is 10.0. The van der Waals surface area contributed by atoms with Gasteiger partial charge in [-0.3, -0.25) is 24.1 Å². The third-order valence-electron chi connectivity index (χ3n) is 5.90. The Morgan fingerprint density at radius 2 is 2.09 bits per heavy atom. The van der Waals surface area contributed by atoms with Gasteiger partial charge in [0.05, 0.1) is 17.7 Å². The van der Waals surface area contributed by atoms with Crippen LogP contribution in [0.2, 0.25) is 5.02 Å². The summed E-state index contributed by atoms with van der Waals surface area (Å²) in [5, 5.41) is 15.8. The van der Waals surface area contributed by atoms with Crippen LogP contribution in [-0.4, -0.2) is 59.5 Å². The first-order valence-corrected chi connectivity index (χ1v) is 11.5. The van der Waals surface area contributed by atoms with Gasteiger partial charge in [-0.2, -0.15) is 0 Å². The molecule has 2 atom stereocenters. The van der Waals surface area contributed by atoms with Crippen molar-refractivity contribution in [3.63, 3.8) is 0 Å². The molecule has 1 fully saturated rings. The Bertz CT molecular complexity index is 1150. The van der Waals surface area contributed by atoms with Crippen LogP contribution in [0.25, 0.3) is 0 Å². The molecule has 2 N–H and O–H groups in total. The number of benzene rings is 1. The molecule has 11 heteroatoms. The van der Waals surface area contributed by atoms with E-state index in [1.165, 1.54) is 15.8 Å². The Balaban J connectivity index is 1.71. The first kappa shape index (κ1) is 22.9. The lowest BCUT2D eigenvalue weighted by atomic mass is 10.1. The van der Waals surface area contributed by atoms with Crippen LogP contribution in [-0.2, 0) is 11.3 Å². The smallest absolute Gasteiger partial charge is 0.277 e. The summed E-state index contributed by atoms with van der Waals surface area (Å²) in [4.78, 5) is 40.1. The number of ether oxygens (including phenoxy) is 1. The quantitative estimate of drug-likeness (QED) is 0.531. The van der Waals surface area contributed by atoms with Crippen molar-refractivity contribution in [3.05, 3.63) is 60.0 Å². The molecule has 0 saturated carbocycles. The molecule has 4 rings (SSSR count). The summed E-state index contributed by atoms with van der Waals surface area (Å²) >= 11 is 8.22. The summed E-state index contributed by atoms with van der Waals surface area (Å²) in [6.07, 6.45) is 2.54. The number of pyridine rings is 1. The third kappa shape index (κ3) is 3.73. The number of nitrogens with zero attached hydrogens (tertiary/aromatic N) is 3. The molecule has 0 radical (unpaired) electrons. The zero-order valence-electron chi connectivity index (χ0n) is 17.5. The van der Waals surface area contributed by atoms with Crippen LogP contribution in [0.4, 0.5) is 0 Å². The number of methoxy groups -OCH3 is 1. The Hall–Kier alpha value is -2.31. The van der Waals surface area contributed by atoms with E-state index in [1.54, 1.807) is 26.3 Å².